The zero-order valence-corrected chi connectivity index (χ0v) is 12.4. The molecule has 1 atom stereocenters. The summed E-state index contributed by atoms with van der Waals surface area (Å²) in [7, 11) is 2.21. The molecule has 1 aromatic carbocycles. The maximum atomic E-state index is 3.57. The fraction of sp³-hybridized carbons (Fsp3) is 0.625. The minimum absolute atomic E-state index is 0.619. The Bertz CT molecular complexity index is 330. The van der Waals surface area contributed by atoms with E-state index in [0.29, 0.717) is 6.04 Å². The summed E-state index contributed by atoms with van der Waals surface area (Å²) < 4.78 is 0. The van der Waals surface area contributed by atoms with Gasteiger partial charge in [0.1, 0.15) is 0 Å². The Morgan fingerprint density at radius 2 is 1.94 bits per heavy atom. The molecule has 102 valence electrons. The highest BCUT2D eigenvalue weighted by Crippen LogP contribution is 2.10. The molecule has 0 bridgehead atoms. The van der Waals surface area contributed by atoms with Crippen molar-refractivity contribution in [2.24, 2.45) is 0 Å². The minimum Gasteiger partial charge on any atom is -0.313 e. The van der Waals surface area contributed by atoms with Gasteiger partial charge >= 0.3 is 0 Å². The summed E-state index contributed by atoms with van der Waals surface area (Å²) in [6.07, 6.45) is 2.50. The van der Waals surface area contributed by atoms with Gasteiger partial charge in [-0.1, -0.05) is 44.5 Å². The van der Waals surface area contributed by atoms with Crippen LogP contribution in [0.2, 0.25) is 0 Å². The second-order valence-electron chi connectivity index (χ2n) is 5.17. The smallest absolute Gasteiger partial charge is 0.0233 e. The molecular weight excluding hydrogens is 220 g/mol. The van der Waals surface area contributed by atoms with Crippen molar-refractivity contribution < 1.29 is 0 Å². The van der Waals surface area contributed by atoms with Gasteiger partial charge in [-0.25, -0.2) is 0 Å². The van der Waals surface area contributed by atoms with Gasteiger partial charge in [0.2, 0.25) is 0 Å². The van der Waals surface area contributed by atoms with Crippen LogP contribution < -0.4 is 5.32 Å². The lowest BCUT2D eigenvalue weighted by molar-refractivity contribution is 0.274. The Hall–Kier alpha value is -0.860. The first kappa shape index (κ1) is 15.2. The van der Waals surface area contributed by atoms with Crippen molar-refractivity contribution in [2.75, 3.05) is 20.1 Å². The average Bonchev–Trinajstić information content (AvgIpc) is 2.33. The molecule has 0 aliphatic heterocycles. The standard InChI is InChI=1S/C16H28N2/c1-5-9-16(17-6-2)13-18(4)12-15-11-8-7-10-14(15)3/h7-8,10-11,16-17H,5-6,9,12-13H2,1-4H3. The molecule has 0 fully saturated rings. The lowest BCUT2D eigenvalue weighted by atomic mass is 10.1. The van der Waals surface area contributed by atoms with Crippen LogP contribution in [0, 0.1) is 6.92 Å². The molecule has 0 aliphatic carbocycles. The summed E-state index contributed by atoms with van der Waals surface area (Å²) >= 11 is 0. The van der Waals surface area contributed by atoms with E-state index >= 15 is 0 Å². The molecule has 2 heteroatoms. The molecule has 1 unspecified atom stereocenters. The van der Waals surface area contributed by atoms with E-state index < -0.39 is 0 Å². The summed E-state index contributed by atoms with van der Waals surface area (Å²) in [6.45, 7) is 9.85. The van der Waals surface area contributed by atoms with Crippen molar-refractivity contribution in [2.45, 2.75) is 46.2 Å². The molecule has 1 rings (SSSR count). The lowest BCUT2D eigenvalue weighted by Crippen LogP contribution is -2.39. The Labute approximate surface area is 112 Å². The Morgan fingerprint density at radius 1 is 1.22 bits per heavy atom. The molecule has 0 amide bonds. The molecule has 0 heterocycles. The Kier molecular flexibility index (Phi) is 6.99. The zero-order chi connectivity index (χ0) is 13.4. The van der Waals surface area contributed by atoms with Crippen LogP contribution in [0.5, 0.6) is 0 Å². The van der Waals surface area contributed by atoms with Crippen molar-refractivity contribution in [1.82, 2.24) is 10.2 Å². The van der Waals surface area contributed by atoms with Crippen molar-refractivity contribution >= 4 is 0 Å². The number of benzene rings is 1. The van der Waals surface area contributed by atoms with Crippen LogP contribution in [-0.2, 0) is 6.54 Å². The first-order chi connectivity index (χ1) is 8.67. The van der Waals surface area contributed by atoms with Gasteiger partial charge in [-0.15, -0.1) is 0 Å². The summed E-state index contributed by atoms with van der Waals surface area (Å²) in [5, 5.41) is 3.57. The zero-order valence-electron chi connectivity index (χ0n) is 12.4. The number of hydrogen-bond donors (Lipinski definition) is 1. The average molecular weight is 248 g/mol. The van der Waals surface area contributed by atoms with Crippen LogP contribution in [0.15, 0.2) is 24.3 Å². The third kappa shape index (κ3) is 5.19. The maximum absolute atomic E-state index is 3.57. The summed E-state index contributed by atoms with van der Waals surface area (Å²) in [6, 6.07) is 9.28. The molecule has 1 aromatic rings. The molecule has 2 nitrogen and oxygen atoms in total. The highest BCUT2D eigenvalue weighted by atomic mass is 15.1. The van der Waals surface area contributed by atoms with E-state index in [1.807, 2.05) is 0 Å². The molecule has 1 N–H and O–H groups in total. The van der Waals surface area contributed by atoms with Crippen molar-refractivity contribution in [3.8, 4) is 0 Å². The topological polar surface area (TPSA) is 15.3 Å². The van der Waals surface area contributed by atoms with Gasteiger partial charge in [-0.2, -0.15) is 0 Å². The second kappa shape index (κ2) is 8.28. The van der Waals surface area contributed by atoms with E-state index in [9.17, 15) is 0 Å². The molecule has 0 saturated heterocycles. The van der Waals surface area contributed by atoms with Crippen LogP contribution in [0.3, 0.4) is 0 Å². The van der Waals surface area contributed by atoms with Crippen LogP contribution in [0.4, 0.5) is 0 Å². The third-order valence-electron chi connectivity index (χ3n) is 3.36. The normalized spacial score (nSPS) is 12.9. The minimum atomic E-state index is 0.619. The van der Waals surface area contributed by atoms with Crippen LogP contribution in [-0.4, -0.2) is 31.1 Å². The van der Waals surface area contributed by atoms with E-state index in [4.69, 9.17) is 0 Å². The fourth-order valence-electron chi connectivity index (χ4n) is 2.41. The van der Waals surface area contributed by atoms with Gasteiger partial charge in [-0.05, 0) is 38.1 Å². The van der Waals surface area contributed by atoms with Gasteiger partial charge < -0.3 is 10.2 Å². The molecule has 0 aliphatic rings. The fourth-order valence-corrected chi connectivity index (χ4v) is 2.41. The predicted octanol–water partition coefficient (Wildman–Crippen LogP) is 3.21. The number of aryl methyl sites for hydroxylation is 1. The highest BCUT2D eigenvalue weighted by Gasteiger charge is 2.10. The number of nitrogens with one attached hydrogen (secondary N) is 1. The Morgan fingerprint density at radius 3 is 2.56 bits per heavy atom. The Balaban J connectivity index is 2.49. The molecule has 0 spiro atoms. The second-order valence-corrected chi connectivity index (χ2v) is 5.17. The van der Waals surface area contributed by atoms with E-state index in [2.05, 4.69) is 62.3 Å². The third-order valence-corrected chi connectivity index (χ3v) is 3.36. The van der Waals surface area contributed by atoms with E-state index in [-0.39, 0.29) is 0 Å². The van der Waals surface area contributed by atoms with Crippen molar-refractivity contribution in [3.05, 3.63) is 35.4 Å². The van der Waals surface area contributed by atoms with Gasteiger partial charge in [0.05, 0.1) is 0 Å². The van der Waals surface area contributed by atoms with Crippen LogP contribution in [0.25, 0.3) is 0 Å². The first-order valence-electron chi connectivity index (χ1n) is 7.13. The maximum Gasteiger partial charge on any atom is 0.0233 e. The molecule has 0 radical (unpaired) electrons. The quantitative estimate of drug-likeness (QED) is 0.760. The largest absolute Gasteiger partial charge is 0.313 e. The van der Waals surface area contributed by atoms with Crippen molar-refractivity contribution in [3.63, 3.8) is 0 Å². The summed E-state index contributed by atoms with van der Waals surface area (Å²) in [4.78, 5) is 2.42. The SMILES string of the molecule is CCCC(CN(C)Cc1ccccc1C)NCC. The molecule has 18 heavy (non-hydrogen) atoms. The highest BCUT2D eigenvalue weighted by molar-refractivity contribution is 5.25. The summed E-state index contributed by atoms with van der Waals surface area (Å²) in [5.41, 5.74) is 2.83. The lowest BCUT2D eigenvalue weighted by Gasteiger charge is -2.25. The van der Waals surface area contributed by atoms with Crippen LogP contribution in [0.1, 0.15) is 37.8 Å². The predicted molar refractivity (Wildman–Crippen MR) is 79.9 cm³/mol. The van der Waals surface area contributed by atoms with Gasteiger partial charge in [0, 0.05) is 19.1 Å². The molecule has 0 saturated carbocycles. The first-order valence-corrected chi connectivity index (χ1v) is 7.13. The molecular formula is C16H28N2. The van der Waals surface area contributed by atoms with Gasteiger partial charge in [0.25, 0.3) is 0 Å². The number of nitrogens with zero attached hydrogens (tertiary/aromatic N) is 1. The van der Waals surface area contributed by atoms with Crippen LogP contribution >= 0.6 is 0 Å². The molecule has 0 aromatic heterocycles. The number of likely N-dealkylation sites (N-methyl/N-ethyl adjacent to an activating group) is 2. The number of rotatable bonds is 8. The van der Waals surface area contributed by atoms with Crippen molar-refractivity contribution in [1.29, 1.82) is 0 Å². The summed E-state index contributed by atoms with van der Waals surface area (Å²) in [5.74, 6) is 0. The van der Waals surface area contributed by atoms with E-state index in [1.54, 1.807) is 0 Å². The number of hydrogen-bond acceptors (Lipinski definition) is 2. The van der Waals surface area contributed by atoms with Gasteiger partial charge in [0.15, 0.2) is 0 Å². The van der Waals surface area contributed by atoms with Gasteiger partial charge in [-0.3, -0.25) is 0 Å². The van der Waals surface area contributed by atoms with E-state index in [0.717, 1.165) is 19.6 Å². The monoisotopic (exact) mass is 248 g/mol. The van der Waals surface area contributed by atoms with E-state index in [1.165, 1.54) is 24.0 Å².